The molecule has 0 unspecified atom stereocenters. The molecule has 1 saturated heterocycles. The van der Waals surface area contributed by atoms with Gasteiger partial charge in [-0.1, -0.05) is 0 Å². The lowest BCUT2D eigenvalue weighted by Gasteiger charge is -2.35. The van der Waals surface area contributed by atoms with Crippen molar-refractivity contribution in [2.24, 2.45) is 0 Å². The summed E-state index contributed by atoms with van der Waals surface area (Å²) in [6, 6.07) is 0.503. The minimum absolute atomic E-state index is 0.0438. The number of aromatic nitrogens is 2. The monoisotopic (exact) mass is 299 g/mol. The topological polar surface area (TPSA) is 75.4 Å². The van der Waals surface area contributed by atoms with Crippen LogP contribution < -0.4 is 4.90 Å². The summed E-state index contributed by atoms with van der Waals surface area (Å²) >= 11 is 5.85. The minimum Gasteiger partial charge on any atom is -0.351 e. The van der Waals surface area contributed by atoms with Crippen LogP contribution in [-0.4, -0.2) is 53.0 Å². The zero-order valence-corrected chi connectivity index (χ0v) is 12.6. The van der Waals surface area contributed by atoms with Crippen molar-refractivity contribution in [2.75, 3.05) is 32.1 Å². The van der Waals surface area contributed by atoms with Gasteiger partial charge in [-0.05, 0) is 45.5 Å². The summed E-state index contributed by atoms with van der Waals surface area (Å²) < 4.78 is 0. The highest BCUT2D eigenvalue weighted by Crippen LogP contribution is 2.31. The molecule has 110 valence electrons. The lowest BCUT2D eigenvalue weighted by Crippen LogP contribution is -2.42. The third kappa shape index (κ3) is 2.99. The normalized spacial score (nSPS) is 16.8. The van der Waals surface area contributed by atoms with Crippen molar-refractivity contribution >= 4 is 23.1 Å². The van der Waals surface area contributed by atoms with E-state index in [1.807, 2.05) is 4.90 Å². The smallest absolute Gasteiger partial charge is 0.332 e. The van der Waals surface area contributed by atoms with Gasteiger partial charge in [0.1, 0.15) is 5.69 Å². The summed E-state index contributed by atoms with van der Waals surface area (Å²) in [6.07, 6.45) is 1.90. The van der Waals surface area contributed by atoms with E-state index in [2.05, 4.69) is 29.0 Å². The van der Waals surface area contributed by atoms with Crippen molar-refractivity contribution in [3.63, 3.8) is 0 Å². The molecule has 7 nitrogen and oxygen atoms in total. The third-order valence-electron chi connectivity index (χ3n) is 3.69. The largest absolute Gasteiger partial charge is 0.351 e. The van der Waals surface area contributed by atoms with Gasteiger partial charge < -0.3 is 9.80 Å². The maximum Gasteiger partial charge on any atom is 0.332 e. The molecule has 0 saturated carbocycles. The average molecular weight is 300 g/mol. The highest BCUT2D eigenvalue weighted by molar-refractivity contribution is 6.28. The number of anilines is 1. The van der Waals surface area contributed by atoms with E-state index in [1.165, 1.54) is 0 Å². The number of nitro groups is 1. The molecule has 1 aliphatic rings. The van der Waals surface area contributed by atoms with Crippen LogP contribution in [0.2, 0.25) is 5.28 Å². The molecule has 0 aliphatic carbocycles. The molecule has 0 N–H and O–H groups in total. The second-order valence-electron chi connectivity index (χ2n) is 5.19. The predicted octanol–water partition coefficient (Wildman–Crippen LogP) is 1.88. The number of hydrogen-bond donors (Lipinski definition) is 0. The summed E-state index contributed by atoms with van der Waals surface area (Å²) in [6.45, 7) is 3.05. The first-order valence-electron chi connectivity index (χ1n) is 6.50. The van der Waals surface area contributed by atoms with E-state index >= 15 is 0 Å². The molecule has 0 amide bonds. The van der Waals surface area contributed by atoms with E-state index in [0.29, 0.717) is 17.6 Å². The fraction of sp³-hybridized carbons (Fsp3) is 0.667. The Kier molecular flexibility index (Phi) is 4.39. The summed E-state index contributed by atoms with van der Waals surface area (Å²) in [5.74, 6) is 0.338. The van der Waals surface area contributed by atoms with Crippen LogP contribution in [0.3, 0.4) is 0 Å². The summed E-state index contributed by atoms with van der Waals surface area (Å²) in [5, 5.41) is 11.3. The van der Waals surface area contributed by atoms with Gasteiger partial charge in [-0.25, -0.2) is 4.98 Å². The molecule has 2 heterocycles. The average Bonchev–Trinajstić information content (AvgIpc) is 2.37. The summed E-state index contributed by atoms with van der Waals surface area (Å²) in [7, 11) is 4.10. The zero-order chi connectivity index (χ0) is 14.9. The number of rotatable bonds is 3. The van der Waals surface area contributed by atoms with Crippen molar-refractivity contribution in [2.45, 2.75) is 25.8 Å². The fourth-order valence-electron chi connectivity index (χ4n) is 2.55. The molecule has 0 atom stereocenters. The Labute approximate surface area is 122 Å². The van der Waals surface area contributed by atoms with E-state index in [1.54, 1.807) is 6.92 Å². The number of nitrogens with zero attached hydrogens (tertiary/aromatic N) is 5. The maximum absolute atomic E-state index is 11.2. The van der Waals surface area contributed by atoms with Gasteiger partial charge >= 0.3 is 5.69 Å². The van der Waals surface area contributed by atoms with Gasteiger partial charge in [0, 0.05) is 19.1 Å². The van der Waals surface area contributed by atoms with Gasteiger partial charge in [0.05, 0.1) is 4.92 Å². The first-order chi connectivity index (χ1) is 9.40. The van der Waals surface area contributed by atoms with Crippen LogP contribution in [0, 0.1) is 17.0 Å². The van der Waals surface area contributed by atoms with Crippen LogP contribution in [0.5, 0.6) is 0 Å². The van der Waals surface area contributed by atoms with Crippen molar-refractivity contribution in [3.05, 3.63) is 21.1 Å². The van der Waals surface area contributed by atoms with E-state index in [9.17, 15) is 10.1 Å². The molecule has 1 fully saturated rings. The van der Waals surface area contributed by atoms with Gasteiger partial charge in [-0.15, -0.1) is 0 Å². The standard InChI is InChI=1S/C12H18ClN5O2/c1-8-10(18(19)20)11(15-12(13)14-8)17-6-4-9(5-7-17)16(2)3/h9H,4-7H2,1-3H3. The van der Waals surface area contributed by atoms with Crippen LogP contribution in [0.15, 0.2) is 0 Å². The van der Waals surface area contributed by atoms with Crippen LogP contribution in [-0.2, 0) is 0 Å². The Morgan fingerprint density at radius 1 is 1.35 bits per heavy atom. The van der Waals surface area contributed by atoms with Crippen LogP contribution in [0.4, 0.5) is 11.5 Å². The minimum atomic E-state index is -0.432. The quantitative estimate of drug-likeness (QED) is 0.482. The third-order valence-corrected chi connectivity index (χ3v) is 3.86. The Bertz CT molecular complexity index is 515. The zero-order valence-electron chi connectivity index (χ0n) is 11.8. The first kappa shape index (κ1) is 14.9. The molecule has 1 aliphatic heterocycles. The second-order valence-corrected chi connectivity index (χ2v) is 5.53. The molecule has 8 heteroatoms. The number of hydrogen-bond acceptors (Lipinski definition) is 6. The maximum atomic E-state index is 11.2. The number of aryl methyl sites for hydroxylation is 1. The van der Waals surface area contributed by atoms with Crippen LogP contribution in [0.25, 0.3) is 0 Å². The molecule has 0 bridgehead atoms. The molecule has 0 aromatic carbocycles. The van der Waals surface area contributed by atoms with Crippen LogP contribution >= 0.6 is 11.6 Å². The van der Waals surface area contributed by atoms with Gasteiger partial charge in [0.2, 0.25) is 11.1 Å². The van der Waals surface area contributed by atoms with E-state index in [-0.39, 0.29) is 11.0 Å². The SMILES string of the molecule is Cc1nc(Cl)nc(N2CCC(N(C)C)CC2)c1[N+](=O)[O-]. The van der Waals surface area contributed by atoms with E-state index in [0.717, 1.165) is 25.9 Å². The molecule has 1 aromatic heterocycles. The summed E-state index contributed by atoms with van der Waals surface area (Å²) in [5.41, 5.74) is 0.262. The second kappa shape index (κ2) is 5.88. The molecular formula is C12H18ClN5O2. The van der Waals surface area contributed by atoms with Crippen molar-refractivity contribution in [1.29, 1.82) is 0 Å². The molecule has 0 spiro atoms. The highest BCUT2D eigenvalue weighted by atomic mass is 35.5. The van der Waals surface area contributed by atoms with Gasteiger partial charge in [-0.3, -0.25) is 10.1 Å². The van der Waals surface area contributed by atoms with Crippen molar-refractivity contribution < 1.29 is 4.92 Å². The van der Waals surface area contributed by atoms with Crippen LogP contribution in [0.1, 0.15) is 18.5 Å². The van der Waals surface area contributed by atoms with Gasteiger partial charge in [0.15, 0.2) is 0 Å². The molecule has 1 aromatic rings. The molecule has 20 heavy (non-hydrogen) atoms. The molecular weight excluding hydrogens is 282 g/mol. The Balaban J connectivity index is 2.27. The Hall–Kier alpha value is -1.47. The number of halogens is 1. The molecule has 2 rings (SSSR count). The lowest BCUT2D eigenvalue weighted by atomic mass is 10.0. The van der Waals surface area contributed by atoms with Crippen molar-refractivity contribution in [1.82, 2.24) is 14.9 Å². The van der Waals surface area contributed by atoms with E-state index < -0.39 is 4.92 Å². The first-order valence-corrected chi connectivity index (χ1v) is 6.88. The fourth-order valence-corrected chi connectivity index (χ4v) is 2.75. The number of piperidine rings is 1. The summed E-state index contributed by atoms with van der Waals surface area (Å²) in [4.78, 5) is 22.8. The van der Waals surface area contributed by atoms with Gasteiger partial charge in [-0.2, -0.15) is 4.98 Å². The predicted molar refractivity (Wildman–Crippen MR) is 77.4 cm³/mol. The van der Waals surface area contributed by atoms with Crippen molar-refractivity contribution in [3.8, 4) is 0 Å². The highest BCUT2D eigenvalue weighted by Gasteiger charge is 2.29. The van der Waals surface area contributed by atoms with Gasteiger partial charge in [0.25, 0.3) is 0 Å². The Morgan fingerprint density at radius 2 is 1.95 bits per heavy atom. The van der Waals surface area contributed by atoms with E-state index in [4.69, 9.17) is 11.6 Å². The Morgan fingerprint density at radius 3 is 2.45 bits per heavy atom. The molecule has 0 radical (unpaired) electrons. The lowest BCUT2D eigenvalue weighted by molar-refractivity contribution is -0.385.